The molecule has 0 radical (unpaired) electrons. The SMILES string of the molecule is C=C1CC(=O)N(CC(O)COCC(O)COCC(O)CN2C(=O)CC(=C)C2=O)C1=O. The first-order valence-electron chi connectivity index (χ1n) is 9.34. The highest BCUT2D eigenvalue weighted by molar-refractivity contribution is 6.13. The molecule has 30 heavy (non-hydrogen) atoms. The van der Waals surface area contributed by atoms with Crippen molar-refractivity contribution in [2.24, 2.45) is 0 Å². The summed E-state index contributed by atoms with van der Waals surface area (Å²) in [7, 11) is 0. The molecule has 0 aromatic carbocycles. The average Bonchev–Trinajstić information content (AvgIpc) is 3.04. The second-order valence-corrected chi connectivity index (χ2v) is 7.22. The first kappa shape index (κ1) is 23.8. The molecule has 11 heteroatoms. The summed E-state index contributed by atoms with van der Waals surface area (Å²) in [6.45, 7) is 5.69. The third-order valence-electron chi connectivity index (χ3n) is 4.45. The van der Waals surface area contributed by atoms with Crippen LogP contribution in [0.3, 0.4) is 0 Å². The number of imide groups is 2. The highest BCUT2D eigenvalue weighted by Crippen LogP contribution is 2.17. The first-order valence-corrected chi connectivity index (χ1v) is 9.34. The van der Waals surface area contributed by atoms with E-state index in [1.165, 1.54) is 0 Å². The Hall–Kier alpha value is -2.44. The van der Waals surface area contributed by atoms with Gasteiger partial charge in [-0.1, -0.05) is 13.2 Å². The Kier molecular flexibility index (Phi) is 8.38. The average molecular weight is 426 g/mol. The van der Waals surface area contributed by atoms with Crippen molar-refractivity contribution >= 4 is 23.6 Å². The van der Waals surface area contributed by atoms with Crippen molar-refractivity contribution < 1.29 is 44.0 Å². The second-order valence-electron chi connectivity index (χ2n) is 7.22. The van der Waals surface area contributed by atoms with Crippen molar-refractivity contribution in [2.75, 3.05) is 39.5 Å². The van der Waals surface area contributed by atoms with Gasteiger partial charge in [0.05, 0.1) is 64.6 Å². The Morgan fingerprint density at radius 2 is 1.03 bits per heavy atom. The van der Waals surface area contributed by atoms with E-state index in [4.69, 9.17) is 9.47 Å². The van der Waals surface area contributed by atoms with E-state index < -0.39 is 41.9 Å². The zero-order valence-electron chi connectivity index (χ0n) is 16.5. The number of aliphatic hydroxyl groups is 3. The van der Waals surface area contributed by atoms with E-state index in [1.54, 1.807) is 0 Å². The topological polar surface area (TPSA) is 154 Å². The van der Waals surface area contributed by atoms with Gasteiger partial charge >= 0.3 is 0 Å². The van der Waals surface area contributed by atoms with E-state index in [1.807, 2.05) is 0 Å². The summed E-state index contributed by atoms with van der Waals surface area (Å²) >= 11 is 0. The minimum Gasteiger partial charge on any atom is -0.389 e. The van der Waals surface area contributed by atoms with Gasteiger partial charge in [-0.15, -0.1) is 0 Å². The van der Waals surface area contributed by atoms with Crippen molar-refractivity contribution in [3.8, 4) is 0 Å². The molecule has 0 spiro atoms. The van der Waals surface area contributed by atoms with Gasteiger partial charge in [0.1, 0.15) is 6.10 Å². The van der Waals surface area contributed by atoms with E-state index in [0.717, 1.165) is 9.80 Å². The summed E-state index contributed by atoms with van der Waals surface area (Å²) in [5.41, 5.74) is 0.345. The fraction of sp³-hybridized carbons (Fsp3) is 0.579. The van der Waals surface area contributed by atoms with Gasteiger partial charge in [0.15, 0.2) is 0 Å². The van der Waals surface area contributed by atoms with E-state index in [9.17, 15) is 34.5 Å². The van der Waals surface area contributed by atoms with Gasteiger partial charge in [-0.25, -0.2) is 0 Å². The molecule has 3 N–H and O–H groups in total. The number of aliphatic hydroxyl groups excluding tert-OH is 3. The van der Waals surface area contributed by atoms with Crippen LogP contribution in [0, 0.1) is 0 Å². The predicted molar refractivity (Wildman–Crippen MR) is 101 cm³/mol. The molecule has 0 bridgehead atoms. The van der Waals surface area contributed by atoms with Crippen LogP contribution in [0.15, 0.2) is 24.3 Å². The third-order valence-corrected chi connectivity index (χ3v) is 4.45. The van der Waals surface area contributed by atoms with Crippen LogP contribution >= 0.6 is 0 Å². The van der Waals surface area contributed by atoms with Crippen molar-refractivity contribution in [1.82, 2.24) is 9.80 Å². The number of hydrogen-bond acceptors (Lipinski definition) is 9. The summed E-state index contributed by atoms with van der Waals surface area (Å²) in [5, 5.41) is 29.6. The number of nitrogens with zero attached hydrogens (tertiary/aromatic N) is 2. The van der Waals surface area contributed by atoms with E-state index in [-0.39, 0.29) is 63.5 Å². The summed E-state index contributed by atoms with van der Waals surface area (Å²) < 4.78 is 10.3. The Bertz CT molecular complexity index is 676. The smallest absolute Gasteiger partial charge is 0.256 e. The Morgan fingerprint density at radius 1 is 0.700 bits per heavy atom. The highest BCUT2D eigenvalue weighted by Gasteiger charge is 2.34. The van der Waals surface area contributed by atoms with Crippen LogP contribution in [-0.2, 0) is 28.7 Å². The minimum absolute atomic E-state index is 0.0663. The lowest BCUT2D eigenvalue weighted by Gasteiger charge is -2.20. The van der Waals surface area contributed by atoms with Crippen LogP contribution in [0.25, 0.3) is 0 Å². The van der Waals surface area contributed by atoms with Crippen LogP contribution in [0.4, 0.5) is 0 Å². The quantitative estimate of drug-likeness (QED) is 0.232. The lowest BCUT2D eigenvalue weighted by molar-refractivity contribution is -0.141. The fourth-order valence-electron chi connectivity index (χ4n) is 2.94. The standard InChI is InChI=1S/C19H26N2O9/c1-11-3-16(25)20(18(11)27)5-13(22)7-29-9-15(24)10-30-8-14(23)6-21-17(26)4-12(2)19(21)28/h13-15,22-24H,1-10H2. The molecule has 0 aromatic heterocycles. The monoisotopic (exact) mass is 426 g/mol. The molecule has 2 atom stereocenters. The maximum atomic E-state index is 11.7. The van der Waals surface area contributed by atoms with Crippen LogP contribution in [-0.4, -0.2) is 107 Å². The maximum absolute atomic E-state index is 11.7. The fourth-order valence-corrected chi connectivity index (χ4v) is 2.94. The van der Waals surface area contributed by atoms with Crippen molar-refractivity contribution in [3.05, 3.63) is 24.3 Å². The van der Waals surface area contributed by atoms with Gasteiger partial charge in [0, 0.05) is 11.1 Å². The number of β-amino-alcohol motifs (C(OH)–C–C–N with tert-alkyl or cyclic N) is 2. The number of carbonyl (C=O) groups excluding carboxylic acids is 4. The zero-order chi connectivity index (χ0) is 22.4. The van der Waals surface area contributed by atoms with Crippen molar-refractivity contribution in [2.45, 2.75) is 31.2 Å². The molecule has 0 aliphatic carbocycles. The van der Waals surface area contributed by atoms with Gasteiger partial charge in [-0.2, -0.15) is 0 Å². The molecule has 0 aromatic rings. The minimum atomic E-state index is -1.12. The second kappa shape index (κ2) is 10.5. The van der Waals surface area contributed by atoms with E-state index >= 15 is 0 Å². The van der Waals surface area contributed by atoms with Gasteiger partial charge in [0.2, 0.25) is 11.8 Å². The lowest BCUT2D eigenvalue weighted by Crippen LogP contribution is -2.39. The molecule has 0 saturated carbocycles. The summed E-state index contributed by atoms with van der Waals surface area (Å²) in [4.78, 5) is 48.4. The van der Waals surface area contributed by atoms with Gasteiger partial charge in [0.25, 0.3) is 11.8 Å². The van der Waals surface area contributed by atoms with Gasteiger partial charge in [-0.3, -0.25) is 29.0 Å². The molecule has 2 fully saturated rings. The van der Waals surface area contributed by atoms with Gasteiger partial charge in [-0.05, 0) is 0 Å². The Labute approximate surface area is 173 Å². The van der Waals surface area contributed by atoms with Gasteiger partial charge < -0.3 is 24.8 Å². The number of amides is 4. The first-order chi connectivity index (χ1) is 14.1. The number of ether oxygens (including phenoxy) is 2. The van der Waals surface area contributed by atoms with Crippen LogP contribution in [0.5, 0.6) is 0 Å². The molecule has 2 saturated heterocycles. The Morgan fingerprint density at radius 3 is 1.33 bits per heavy atom. The molecule has 2 aliphatic rings. The van der Waals surface area contributed by atoms with Crippen molar-refractivity contribution in [3.63, 3.8) is 0 Å². The zero-order valence-corrected chi connectivity index (χ0v) is 16.5. The number of carbonyl (C=O) groups is 4. The maximum Gasteiger partial charge on any atom is 0.256 e. The molecule has 2 heterocycles. The summed E-state index contributed by atoms with van der Waals surface area (Å²) in [6.07, 6.45) is -3.44. The highest BCUT2D eigenvalue weighted by atomic mass is 16.5. The normalized spacial score (nSPS) is 20.5. The van der Waals surface area contributed by atoms with Crippen molar-refractivity contribution in [1.29, 1.82) is 0 Å². The van der Waals surface area contributed by atoms with Crippen LogP contribution in [0.1, 0.15) is 12.8 Å². The summed E-state index contributed by atoms with van der Waals surface area (Å²) in [5.74, 6) is -1.91. The van der Waals surface area contributed by atoms with Crippen LogP contribution in [0.2, 0.25) is 0 Å². The molecule has 166 valence electrons. The molecular weight excluding hydrogens is 400 g/mol. The number of hydrogen-bond donors (Lipinski definition) is 3. The molecule has 2 unspecified atom stereocenters. The van der Waals surface area contributed by atoms with E-state index in [2.05, 4.69) is 13.2 Å². The molecule has 11 nitrogen and oxygen atoms in total. The number of likely N-dealkylation sites (tertiary alicyclic amines) is 2. The van der Waals surface area contributed by atoms with Crippen LogP contribution < -0.4 is 0 Å². The third kappa shape index (κ3) is 6.28. The predicted octanol–water partition coefficient (Wildman–Crippen LogP) is -2.27. The molecular formula is C19H26N2O9. The largest absolute Gasteiger partial charge is 0.389 e. The molecule has 2 rings (SSSR count). The van der Waals surface area contributed by atoms with E-state index in [0.29, 0.717) is 0 Å². The Balaban J connectivity index is 1.58. The number of rotatable bonds is 12. The molecule has 4 amide bonds. The summed E-state index contributed by atoms with van der Waals surface area (Å²) in [6, 6.07) is 0. The lowest BCUT2D eigenvalue weighted by atomic mass is 10.3. The molecule has 2 aliphatic heterocycles.